The van der Waals surface area contributed by atoms with Crippen molar-refractivity contribution < 1.29 is 13.9 Å². The topological polar surface area (TPSA) is 29.5 Å². The van der Waals surface area contributed by atoms with E-state index in [9.17, 15) is 9.18 Å². The summed E-state index contributed by atoms with van der Waals surface area (Å²) < 4.78 is 19.8. The first-order valence-electron chi connectivity index (χ1n) is 7.56. The van der Waals surface area contributed by atoms with Crippen LogP contribution in [0.15, 0.2) is 29.8 Å². The maximum atomic E-state index is 13.8. The molecule has 0 aromatic heterocycles. The lowest BCUT2D eigenvalue weighted by molar-refractivity contribution is -0.0522. The highest BCUT2D eigenvalue weighted by atomic mass is 35.5. The van der Waals surface area contributed by atoms with Gasteiger partial charge in [0.1, 0.15) is 5.82 Å². The molecule has 1 saturated heterocycles. The third-order valence-corrected chi connectivity index (χ3v) is 4.69. The number of likely N-dealkylation sites (tertiary alicyclic amines) is 1. The molecule has 0 bridgehead atoms. The zero-order chi connectivity index (χ0) is 15.7. The van der Waals surface area contributed by atoms with Gasteiger partial charge >= 0.3 is 0 Å². The SMILES string of the molecule is CC1=CC2(CCN(C(=O)c3cc(Cl)ccc3F)CC2)OCC1. The van der Waals surface area contributed by atoms with E-state index in [0.29, 0.717) is 18.1 Å². The molecule has 22 heavy (non-hydrogen) atoms. The van der Waals surface area contributed by atoms with E-state index >= 15 is 0 Å². The predicted molar refractivity (Wildman–Crippen MR) is 83.6 cm³/mol. The highest BCUT2D eigenvalue weighted by Crippen LogP contribution is 2.33. The summed E-state index contributed by atoms with van der Waals surface area (Å²) in [7, 11) is 0. The van der Waals surface area contributed by atoms with Gasteiger partial charge in [0, 0.05) is 18.1 Å². The van der Waals surface area contributed by atoms with Gasteiger partial charge < -0.3 is 9.64 Å². The lowest BCUT2D eigenvalue weighted by atomic mass is 9.87. The lowest BCUT2D eigenvalue weighted by Gasteiger charge is -2.42. The smallest absolute Gasteiger partial charge is 0.256 e. The molecular weight excluding hydrogens is 305 g/mol. The summed E-state index contributed by atoms with van der Waals surface area (Å²) in [5.74, 6) is -0.828. The number of hydrogen-bond acceptors (Lipinski definition) is 2. The number of nitrogens with zero attached hydrogens (tertiary/aromatic N) is 1. The minimum atomic E-state index is -0.528. The first-order chi connectivity index (χ1) is 10.5. The van der Waals surface area contributed by atoms with Gasteiger partial charge in [-0.15, -0.1) is 0 Å². The van der Waals surface area contributed by atoms with E-state index in [1.165, 1.54) is 23.8 Å². The Kier molecular flexibility index (Phi) is 4.24. The van der Waals surface area contributed by atoms with Gasteiger partial charge in [0.25, 0.3) is 5.91 Å². The van der Waals surface area contributed by atoms with Gasteiger partial charge in [-0.25, -0.2) is 4.39 Å². The Bertz CT molecular complexity index is 621. The summed E-state index contributed by atoms with van der Waals surface area (Å²) in [6.45, 7) is 3.98. The molecule has 1 spiro atoms. The van der Waals surface area contributed by atoms with Gasteiger partial charge in [-0.2, -0.15) is 0 Å². The van der Waals surface area contributed by atoms with Gasteiger partial charge in [0.15, 0.2) is 0 Å². The lowest BCUT2D eigenvalue weighted by Crippen LogP contribution is -2.48. The normalized spacial score (nSPS) is 20.9. The van der Waals surface area contributed by atoms with E-state index in [2.05, 4.69) is 13.0 Å². The van der Waals surface area contributed by atoms with Gasteiger partial charge in [-0.1, -0.05) is 23.3 Å². The maximum absolute atomic E-state index is 13.8. The van der Waals surface area contributed by atoms with Crippen molar-refractivity contribution in [3.63, 3.8) is 0 Å². The first-order valence-corrected chi connectivity index (χ1v) is 7.93. The molecule has 2 aliphatic heterocycles. The molecule has 0 N–H and O–H groups in total. The Balaban J connectivity index is 1.72. The van der Waals surface area contributed by atoms with Crippen molar-refractivity contribution in [1.29, 1.82) is 0 Å². The van der Waals surface area contributed by atoms with Crippen LogP contribution in [0.4, 0.5) is 4.39 Å². The minimum Gasteiger partial charge on any atom is -0.370 e. The molecular formula is C17H19ClFNO2. The maximum Gasteiger partial charge on any atom is 0.256 e. The van der Waals surface area contributed by atoms with E-state index < -0.39 is 5.82 Å². The number of benzene rings is 1. The second-order valence-corrected chi connectivity index (χ2v) is 6.51. The fourth-order valence-corrected chi connectivity index (χ4v) is 3.36. The van der Waals surface area contributed by atoms with Crippen LogP contribution in [0, 0.1) is 5.82 Å². The molecule has 3 rings (SSSR count). The molecule has 118 valence electrons. The van der Waals surface area contributed by atoms with Crippen LogP contribution in [0.1, 0.15) is 36.5 Å². The number of amides is 1. The number of ether oxygens (including phenoxy) is 1. The van der Waals surface area contributed by atoms with Gasteiger partial charge in [-0.05, 0) is 44.4 Å². The number of rotatable bonds is 1. The third-order valence-electron chi connectivity index (χ3n) is 4.45. The first kappa shape index (κ1) is 15.5. The number of piperidine rings is 1. The molecule has 0 atom stereocenters. The fourth-order valence-electron chi connectivity index (χ4n) is 3.19. The van der Waals surface area contributed by atoms with E-state index in [1.807, 2.05) is 0 Å². The Morgan fingerprint density at radius 1 is 1.36 bits per heavy atom. The molecule has 0 saturated carbocycles. The fraction of sp³-hybridized carbons (Fsp3) is 0.471. The number of carbonyl (C=O) groups is 1. The van der Waals surface area contributed by atoms with Crippen molar-refractivity contribution in [3.8, 4) is 0 Å². The van der Waals surface area contributed by atoms with E-state index in [0.717, 1.165) is 25.9 Å². The molecule has 0 aliphatic carbocycles. The summed E-state index contributed by atoms with van der Waals surface area (Å²) in [4.78, 5) is 14.2. The van der Waals surface area contributed by atoms with Crippen molar-refractivity contribution in [1.82, 2.24) is 4.90 Å². The molecule has 1 aromatic rings. The quantitative estimate of drug-likeness (QED) is 0.735. The van der Waals surface area contributed by atoms with Crippen LogP contribution in [0.5, 0.6) is 0 Å². The van der Waals surface area contributed by atoms with Crippen LogP contribution < -0.4 is 0 Å². The zero-order valence-corrected chi connectivity index (χ0v) is 13.3. The molecule has 3 nitrogen and oxygen atoms in total. The van der Waals surface area contributed by atoms with Crippen molar-refractivity contribution in [2.24, 2.45) is 0 Å². The third kappa shape index (κ3) is 3.03. The average Bonchev–Trinajstić information content (AvgIpc) is 2.50. The van der Waals surface area contributed by atoms with Gasteiger partial charge in [0.05, 0.1) is 17.8 Å². The number of carbonyl (C=O) groups excluding carboxylic acids is 1. The highest BCUT2D eigenvalue weighted by Gasteiger charge is 2.37. The summed E-state index contributed by atoms with van der Waals surface area (Å²) in [5, 5.41) is 0.368. The minimum absolute atomic E-state index is 0.0414. The molecule has 0 radical (unpaired) electrons. The second-order valence-electron chi connectivity index (χ2n) is 6.07. The summed E-state index contributed by atoms with van der Waals surface area (Å²) in [5.41, 5.74) is 1.14. The van der Waals surface area contributed by atoms with Crippen LogP contribution in [-0.4, -0.2) is 36.1 Å². The highest BCUT2D eigenvalue weighted by molar-refractivity contribution is 6.31. The Labute approximate surface area is 134 Å². The van der Waals surface area contributed by atoms with Gasteiger partial charge in [0.2, 0.25) is 0 Å². The zero-order valence-electron chi connectivity index (χ0n) is 12.6. The molecule has 2 heterocycles. The molecule has 0 unspecified atom stereocenters. The molecule has 2 aliphatic rings. The largest absolute Gasteiger partial charge is 0.370 e. The summed E-state index contributed by atoms with van der Waals surface area (Å²) in [6, 6.07) is 4.07. The van der Waals surface area contributed by atoms with Crippen molar-refractivity contribution >= 4 is 17.5 Å². The van der Waals surface area contributed by atoms with E-state index in [1.54, 1.807) is 4.90 Å². The van der Waals surface area contributed by atoms with Crippen molar-refractivity contribution in [2.45, 2.75) is 31.8 Å². The van der Waals surface area contributed by atoms with E-state index in [4.69, 9.17) is 16.3 Å². The standard InChI is InChI=1S/C17H19ClFNO2/c1-12-4-9-22-17(11-12)5-7-20(8-6-17)16(21)14-10-13(18)2-3-15(14)19/h2-3,10-11H,4-9H2,1H3. The number of hydrogen-bond donors (Lipinski definition) is 0. The van der Waals surface area contributed by atoms with E-state index in [-0.39, 0.29) is 17.1 Å². The Hall–Kier alpha value is -1.39. The van der Waals surface area contributed by atoms with Crippen LogP contribution >= 0.6 is 11.6 Å². The molecule has 5 heteroatoms. The van der Waals surface area contributed by atoms with Crippen LogP contribution in [0.2, 0.25) is 5.02 Å². The van der Waals surface area contributed by atoms with Crippen molar-refractivity contribution in [3.05, 3.63) is 46.3 Å². The predicted octanol–water partition coefficient (Wildman–Crippen LogP) is 3.82. The Morgan fingerprint density at radius 3 is 2.77 bits per heavy atom. The van der Waals surface area contributed by atoms with Gasteiger partial charge in [-0.3, -0.25) is 4.79 Å². The molecule has 1 amide bonds. The monoisotopic (exact) mass is 323 g/mol. The van der Waals surface area contributed by atoms with Crippen LogP contribution in [0.3, 0.4) is 0 Å². The van der Waals surface area contributed by atoms with Crippen molar-refractivity contribution in [2.75, 3.05) is 19.7 Å². The molecule has 1 aromatic carbocycles. The number of halogens is 2. The average molecular weight is 324 g/mol. The Morgan fingerprint density at radius 2 is 2.09 bits per heavy atom. The summed E-state index contributed by atoms with van der Waals surface area (Å²) >= 11 is 5.87. The second kappa shape index (κ2) is 6.01. The summed E-state index contributed by atoms with van der Waals surface area (Å²) in [6.07, 6.45) is 4.66. The van der Waals surface area contributed by atoms with Crippen LogP contribution in [-0.2, 0) is 4.74 Å². The van der Waals surface area contributed by atoms with Crippen LogP contribution in [0.25, 0.3) is 0 Å². The molecule has 1 fully saturated rings.